The van der Waals surface area contributed by atoms with E-state index in [1.54, 1.807) is 24.3 Å². The third kappa shape index (κ3) is 7.04. The van der Waals surface area contributed by atoms with Gasteiger partial charge in [0.1, 0.15) is 6.04 Å². The average molecular weight is 396 g/mol. The molecule has 0 aliphatic rings. The summed E-state index contributed by atoms with van der Waals surface area (Å²) in [5.74, 6) is -0.536. The second-order valence-corrected chi connectivity index (χ2v) is 6.09. The molecular formula is C19H23Cl2N3O2. The third-order valence-electron chi connectivity index (χ3n) is 3.69. The SMILES string of the molecule is Cl.NCCCNC(=O)C(Cc1ccccc1)NC(=O)c1ccc(Cl)cc1. The molecule has 2 aromatic rings. The standard InChI is InChI=1S/C19H22ClN3O2.ClH/c20-16-9-7-15(8-10-16)18(24)23-17(19(25)22-12-4-11-21)13-14-5-2-1-3-6-14;/h1-3,5-10,17H,4,11-13,21H2,(H,22,25)(H,23,24);1H. The lowest BCUT2D eigenvalue weighted by molar-refractivity contribution is -0.122. The lowest BCUT2D eigenvalue weighted by Gasteiger charge is -2.19. The molecule has 0 aliphatic carbocycles. The molecule has 140 valence electrons. The van der Waals surface area contributed by atoms with E-state index in [-0.39, 0.29) is 24.2 Å². The summed E-state index contributed by atoms with van der Waals surface area (Å²) in [7, 11) is 0. The van der Waals surface area contributed by atoms with E-state index >= 15 is 0 Å². The van der Waals surface area contributed by atoms with Crippen molar-refractivity contribution < 1.29 is 9.59 Å². The highest BCUT2D eigenvalue weighted by Crippen LogP contribution is 2.10. The predicted molar refractivity (Wildman–Crippen MR) is 107 cm³/mol. The molecule has 0 radical (unpaired) electrons. The molecule has 0 spiro atoms. The number of hydrogen-bond donors (Lipinski definition) is 3. The van der Waals surface area contributed by atoms with Crippen molar-refractivity contribution in [1.82, 2.24) is 10.6 Å². The molecule has 4 N–H and O–H groups in total. The summed E-state index contributed by atoms with van der Waals surface area (Å²) in [6.45, 7) is 0.984. The van der Waals surface area contributed by atoms with Crippen LogP contribution in [0.25, 0.3) is 0 Å². The van der Waals surface area contributed by atoms with Crippen molar-refractivity contribution in [3.63, 3.8) is 0 Å². The fraction of sp³-hybridized carbons (Fsp3) is 0.263. The van der Waals surface area contributed by atoms with Crippen LogP contribution in [0.2, 0.25) is 5.02 Å². The van der Waals surface area contributed by atoms with E-state index in [0.29, 0.717) is 36.5 Å². The van der Waals surface area contributed by atoms with E-state index in [0.717, 1.165) is 5.56 Å². The molecule has 0 fully saturated rings. The van der Waals surface area contributed by atoms with Crippen LogP contribution in [0.4, 0.5) is 0 Å². The van der Waals surface area contributed by atoms with E-state index in [1.807, 2.05) is 30.3 Å². The molecule has 1 atom stereocenters. The van der Waals surface area contributed by atoms with Crippen LogP contribution in [0.15, 0.2) is 54.6 Å². The van der Waals surface area contributed by atoms with Crippen LogP contribution in [-0.4, -0.2) is 30.9 Å². The molecule has 2 aromatic carbocycles. The zero-order chi connectivity index (χ0) is 18.1. The van der Waals surface area contributed by atoms with Gasteiger partial charge >= 0.3 is 0 Å². The molecule has 0 heterocycles. The Morgan fingerprint density at radius 2 is 1.69 bits per heavy atom. The first-order valence-corrected chi connectivity index (χ1v) is 8.56. The number of nitrogens with two attached hydrogens (primary N) is 1. The van der Waals surface area contributed by atoms with Crippen molar-refractivity contribution in [2.75, 3.05) is 13.1 Å². The van der Waals surface area contributed by atoms with Crippen LogP contribution in [0.5, 0.6) is 0 Å². The molecule has 0 aromatic heterocycles. The second-order valence-electron chi connectivity index (χ2n) is 5.66. The van der Waals surface area contributed by atoms with Gasteiger partial charge < -0.3 is 16.4 Å². The fourth-order valence-electron chi connectivity index (χ4n) is 2.34. The zero-order valence-electron chi connectivity index (χ0n) is 14.3. The van der Waals surface area contributed by atoms with Crippen LogP contribution in [-0.2, 0) is 11.2 Å². The van der Waals surface area contributed by atoms with Crippen LogP contribution in [0, 0.1) is 0 Å². The Morgan fingerprint density at radius 1 is 1.04 bits per heavy atom. The van der Waals surface area contributed by atoms with Gasteiger partial charge in [0.2, 0.25) is 5.91 Å². The quantitative estimate of drug-likeness (QED) is 0.600. The number of halogens is 2. The molecule has 0 saturated carbocycles. The van der Waals surface area contributed by atoms with E-state index in [9.17, 15) is 9.59 Å². The number of amides is 2. The fourth-order valence-corrected chi connectivity index (χ4v) is 2.46. The van der Waals surface area contributed by atoms with Gasteiger partial charge in [0.25, 0.3) is 5.91 Å². The first-order chi connectivity index (χ1) is 12.1. The Balaban J connectivity index is 0.00000338. The molecule has 2 rings (SSSR count). The van der Waals surface area contributed by atoms with Gasteiger partial charge in [0.15, 0.2) is 0 Å². The Labute approximate surface area is 164 Å². The number of carbonyl (C=O) groups excluding carboxylic acids is 2. The van der Waals surface area contributed by atoms with Crippen molar-refractivity contribution in [2.24, 2.45) is 5.73 Å². The van der Waals surface area contributed by atoms with Crippen LogP contribution in [0.3, 0.4) is 0 Å². The summed E-state index contributed by atoms with van der Waals surface area (Å²) in [6.07, 6.45) is 1.10. The van der Waals surface area contributed by atoms with Crippen LogP contribution < -0.4 is 16.4 Å². The largest absolute Gasteiger partial charge is 0.354 e. The van der Waals surface area contributed by atoms with Crippen molar-refractivity contribution in [3.05, 3.63) is 70.7 Å². The molecule has 1 unspecified atom stereocenters. The molecular weight excluding hydrogens is 373 g/mol. The number of hydrogen-bond acceptors (Lipinski definition) is 3. The molecule has 5 nitrogen and oxygen atoms in total. The smallest absolute Gasteiger partial charge is 0.251 e. The van der Waals surface area contributed by atoms with Crippen LogP contribution >= 0.6 is 24.0 Å². The van der Waals surface area contributed by atoms with Gasteiger partial charge in [-0.05, 0) is 42.8 Å². The minimum Gasteiger partial charge on any atom is -0.354 e. The Hall–Kier alpha value is -2.08. The van der Waals surface area contributed by atoms with Crippen molar-refractivity contribution >= 4 is 35.8 Å². The topological polar surface area (TPSA) is 84.2 Å². The van der Waals surface area contributed by atoms with Crippen molar-refractivity contribution in [3.8, 4) is 0 Å². The summed E-state index contributed by atoms with van der Waals surface area (Å²) in [5, 5.41) is 6.17. The summed E-state index contributed by atoms with van der Waals surface area (Å²) in [5.41, 5.74) is 6.88. The van der Waals surface area contributed by atoms with Gasteiger partial charge in [0.05, 0.1) is 0 Å². The van der Waals surface area contributed by atoms with Gasteiger partial charge in [-0.3, -0.25) is 9.59 Å². The lowest BCUT2D eigenvalue weighted by atomic mass is 10.0. The van der Waals surface area contributed by atoms with Crippen molar-refractivity contribution in [2.45, 2.75) is 18.9 Å². The molecule has 7 heteroatoms. The third-order valence-corrected chi connectivity index (χ3v) is 3.94. The summed E-state index contributed by atoms with van der Waals surface area (Å²) >= 11 is 5.84. The van der Waals surface area contributed by atoms with Gasteiger partial charge in [-0.1, -0.05) is 41.9 Å². The average Bonchev–Trinajstić information content (AvgIpc) is 2.62. The molecule has 26 heavy (non-hydrogen) atoms. The Morgan fingerprint density at radius 3 is 2.31 bits per heavy atom. The second kappa shape index (κ2) is 11.5. The molecule has 0 aliphatic heterocycles. The first-order valence-electron chi connectivity index (χ1n) is 8.18. The minimum absolute atomic E-state index is 0. The van der Waals surface area contributed by atoms with E-state index in [1.165, 1.54) is 0 Å². The van der Waals surface area contributed by atoms with E-state index in [4.69, 9.17) is 17.3 Å². The maximum absolute atomic E-state index is 12.5. The normalized spacial score (nSPS) is 11.2. The maximum atomic E-state index is 12.5. The number of rotatable bonds is 8. The van der Waals surface area contributed by atoms with Gasteiger partial charge in [-0.15, -0.1) is 12.4 Å². The Bertz CT molecular complexity index is 694. The number of benzene rings is 2. The van der Waals surface area contributed by atoms with Crippen molar-refractivity contribution in [1.29, 1.82) is 0 Å². The number of nitrogens with one attached hydrogen (secondary N) is 2. The number of carbonyl (C=O) groups is 2. The first kappa shape index (κ1) is 22.0. The van der Waals surface area contributed by atoms with E-state index in [2.05, 4.69) is 10.6 Å². The highest BCUT2D eigenvalue weighted by Gasteiger charge is 2.21. The van der Waals surface area contributed by atoms with E-state index < -0.39 is 6.04 Å². The Kier molecular flexibility index (Phi) is 9.73. The van der Waals surface area contributed by atoms with Gasteiger partial charge in [0, 0.05) is 23.6 Å². The highest BCUT2D eigenvalue weighted by molar-refractivity contribution is 6.30. The molecule has 0 bridgehead atoms. The van der Waals surface area contributed by atoms with Gasteiger partial charge in [-0.2, -0.15) is 0 Å². The molecule has 0 saturated heterocycles. The zero-order valence-corrected chi connectivity index (χ0v) is 15.9. The van der Waals surface area contributed by atoms with Crippen LogP contribution in [0.1, 0.15) is 22.3 Å². The van der Waals surface area contributed by atoms with Gasteiger partial charge in [-0.25, -0.2) is 0 Å². The monoisotopic (exact) mass is 395 g/mol. The summed E-state index contributed by atoms with van der Waals surface area (Å²) < 4.78 is 0. The predicted octanol–water partition coefficient (Wildman–Crippen LogP) is 2.57. The summed E-state index contributed by atoms with van der Waals surface area (Å²) in [4.78, 5) is 24.9. The maximum Gasteiger partial charge on any atom is 0.251 e. The summed E-state index contributed by atoms with van der Waals surface area (Å²) in [6, 6.07) is 15.4. The molecule has 2 amide bonds. The minimum atomic E-state index is -0.664. The highest BCUT2D eigenvalue weighted by atomic mass is 35.5. The lowest BCUT2D eigenvalue weighted by Crippen LogP contribution is -2.48.